The summed E-state index contributed by atoms with van der Waals surface area (Å²) in [6, 6.07) is 13.9. The van der Waals surface area contributed by atoms with Gasteiger partial charge in [0.2, 0.25) is 0 Å². The van der Waals surface area contributed by atoms with Crippen LogP contribution >= 0.6 is 15.9 Å². The predicted molar refractivity (Wildman–Crippen MR) is 133 cm³/mol. The van der Waals surface area contributed by atoms with Gasteiger partial charge >= 0.3 is 6.03 Å². The number of anilines is 1. The number of rotatable bonds is 10. The molecular formula is C24H29BrN4O4. The molecule has 0 radical (unpaired) electrons. The van der Waals surface area contributed by atoms with Crippen molar-refractivity contribution in [3.05, 3.63) is 69.2 Å². The highest BCUT2D eigenvalue weighted by atomic mass is 79.9. The number of carbonyl (C=O) groups excluding carboxylic acids is 1. The van der Waals surface area contributed by atoms with Crippen LogP contribution in [0, 0.1) is 0 Å². The second kappa shape index (κ2) is 11.9. The van der Waals surface area contributed by atoms with E-state index in [1.54, 1.807) is 29.8 Å². The van der Waals surface area contributed by atoms with E-state index < -0.39 is 6.04 Å². The van der Waals surface area contributed by atoms with E-state index in [0.717, 1.165) is 4.47 Å². The number of carbonyl (C=O) groups is 1. The molecule has 0 saturated heterocycles. The van der Waals surface area contributed by atoms with Crippen LogP contribution in [0.5, 0.6) is 0 Å². The lowest BCUT2D eigenvalue weighted by Crippen LogP contribution is -2.41. The monoisotopic (exact) mass is 516 g/mol. The number of halogens is 1. The Morgan fingerprint density at radius 2 is 1.91 bits per heavy atom. The van der Waals surface area contributed by atoms with Crippen molar-refractivity contribution in [2.75, 3.05) is 39.3 Å². The van der Waals surface area contributed by atoms with Crippen molar-refractivity contribution in [1.29, 1.82) is 0 Å². The molecule has 0 bridgehead atoms. The highest BCUT2D eigenvalue weighted by Crippen LogP contribution is 2.23. The second-order valence-corrected chi connectivity index (χ2v) is 8.51. The number of benzene rings is 2. The van der Waals surface area contributed by atoms with Crippen molar-refractivity contribution in [2.24, 2.45) is 0 Å². The molecule has 3 rings (SSSR count). The fourth-order valence-electron chi connectivity index (χ4n) is 3.65. The quantitative estimate of drug-likeness (QED) is 0.402. The van der Waals surface area contributed by atoms with Crippen LogP contribution in [0.25, 0.3) is 10.9 Å². The highest BCUT2D eigenvalue weighted by molar-refractivity contribution is 9.10. The van der Waals surface area contributed by atoms with Gasteiger partial charge in [0.1, 0.15) is 5.82 Å². The number of methoxy groups -OCH3 is 2. The van der Waals surface area contributed by atoms with Gasteiger partial charge in [-0.3, -0.25) is 9.36 Å². The molecular weight excluding hydrogens is 488 g/mol. The average molecular weight is 517 g/mol. The number of ether oxygens (including phenoxy) is 2. The molecule has 9 heteroatoms. The Hall–Kier alpha value is -2.75. The van der Waals surface area contributed by atoms with Gasteiger partial charge in [0.25, 0.3) is 5.56 Å². The minimum Gasteiger partial charge on any atom is -0.385 e. The first-order valence-corrected chi connectivity index (χ1v) is 11.6. The van der Waals surface area contributed by atoms with Gasteiger partial charge in [0.05, 0.1) is 30.1 Å². The summed E-state index contributed by atoms with van der Waals surface area (Å²) >= 11 is 3.43. The Labute approximate surface area is 201 Å². The number of nitrogens with zero attached hydrogens (tertiary/aromatic N) is 3. The van der Waals surface area contributed by atoms with Crippen LogP contribution in [0.4, 0.5) is 10.5 Å². The summed E-state index contributed by atoms with van der Waals surface area (Å²) in [7, 11) is 3.22. The van der Waals surface area contributed by atoms with Crippen LogP contribution < -0.4 is 10.9 Å². The number of nitrogens with one attached hydrogen (secondary N) is 1. The lowest BCUT2D eigenvalue weighted by Gasteiger charge is -2.30. The molecule has 2 aromatic carbocycles. The molecule has 176 valence electrons. The second-order valence-electron chi connectivity index (χ2n) is 7.59. The number of urea groups is 1. The summed E-state index contributed by atoms with van der Waals surface area (Å²) in [5.41, 5.74) is 1.12. The maximum absolute atomic E-state index is 13.3. The number of amides is 2. The largest absolute Gasteiger partial charge is 0.385 e. The van der Waals surface area contributed by atoms with Gasteiger partial charge < -0.3 is 19.7 Å². The average Bonchev–Trinajstić information content (AvgIpc) is 2.81. The third-order valence-electron chi connectivity index (χ3n) is 5.34. The normalized spacial score (nSPS) is 12.0. The molecule has 8 nitrogen and oxygen atoms in total. The Morgan fingerprint density at radius 3 is 2.64 bits per heavy atom. The molecule has 33 heavy (non-hydrogen) atoms. The molecule has 0 aliphatic rings. The maximum Gasteiger partial charge on any atom is 0.322 e. The van der Waals surface area contributed by atoms with Crippen molar-refractivity contribution in [1.82, 2.24) is 14.5 Å². The minimum atomic E-state index is -0.469. The van der Waals surface area contributed by atoms with Gasteiger partial charge in [-0.1, -0.05) is 34.1 Å². The first kappa shape index (κ1) is 24.9. The molecule has 1 unspecified atom stereocenters. The lowest BCUT2D eigenvalue weighted by atomic mass is 10.2. The molecule has 0 fully saturated rings. The van der Waals surface area contributed by atoms with Gasteiger partial charge in [0, 0.05) is 37.5 Å². The van der Waals surface area contributed by atoms with Crippen LogP contribution in [-0.2, 0) is 16.0 Å². The van der Waals surface area contributed by atoms with E-state index in [2.05, 4.69) is 21.2 Å². The highest BCUT2D eigenvalue weighted by Gasteiger charge is 2.26. The van der Waals surface area contributed by atoms with Gasteiger partial charge in [0.15, 0.2) is 0 Å². The van der Waals surface area contributed by atoms with Crippen molar-refractivity contribution >= 4 is 38.6 Å². The number of hydrogen-bond donors (Lipinski definition) is 1. The van der Waals surface area contributed by atoms with E-state index in [-0.39, 0.29) is 11.6 Å². The van der Waals surface area contributed by atoms with E-state index in [1.165, 1.54) is 0 Å². The number of para-hydroxylation sites is 1. The van der Waals surface area contributed by atoms with Crippen LogP contribution in [0.1, 0.15) is 25.2 Å². The van der Waals surface area contributed by atoms with Crippen molar-refractivity contribution in [3.63, 3.8) is 0 Å². The fraction of sp³-hybridized carbons (Fsp3) is 0.375. The molecule has 0 aliphatic carbocycles. The molecule has 0 spiro atoms. The summed E-state index contributed by atoms with van der Waals surface area (Å²) in [5.74, 6) is 0.512. The van der Waals surface area contributed by atoms with Crippen LogP contribution in [0.2, 0.25) is 0 Å². The Kier molecular flexibility index (Phi) is 8.99. The molecule has 1 N–H and O–H groups in total. The summed E-state index contributed by atoms with van der Waals surface area (Å²) in [4.78, 5) is 33.1. The first-order chi connectivity index (χ1) is 16.0. The first-order valence-electron chi connectivity index (χ1n) is 10.8. The molecule has 1 atom stereocenters. The van der Waals surface area contributed by atoms with E-state index >= 15 is 0 Å². The van der Waals surface area contributed by atoms with Gasteiger partial charge in [-0.2, -0.15) is 0 Å². The Balaban J connectivity index is 2.00. The Bertz CT molecular complexity index is 1150. The summed E-state index contributed by atoms with van der Waals surface area (Å²) in [6.07, 6.45) is 0.641. The van der Waals surface area contributed by atoms with Crippen molar-refractivity contribution in [3.8, 4) is 0 Å². The standard InChI is InChI=1S/C24H29BrN4O4/c1-17(22-27-21-11-5-4-10-20(21)23(30)29(22)13-15-33-3)28(12-7-14-32-2)24(31)26-19-9-6-8-18(25)16-19/h4-6,8-11,16-17H,7,12-15H2,1-3H3,(H,26,31). The van der Waals surface area contributed by atoms with Crippen molar-refractivity contribution in [2.45, 2.75) is 25.9 Å². The van der Waals surface area contributed by atoms with Crippen LogP contribution in [-0.4, -0.2) is 54.5 Å². The zero-order valence-corrected chi connectivity index (χ0v) is 20.7. The fourth-order valence-corrected chi connectivity index (χ4v) is 4.05. The number of fused-ring (bicyclic) bond motifs is 1. The third kappa shape index (κ3) is 6.19. The molecule has 0 aliphatic heterocycles. The summed E-state index contributed by atoms with van der Waals surface area (Å²) in [5, 5.41) is 3.49. The molecule has 1 heterocycles. The molecule has 2 amide bonds. The minimum absolute atomic E-state index is 0.149. The summed E-state index contributed by atoms with van der Waals surface area (Å²) in [6.45, 7) is 3.52. The van der Waals surface area contributed by atoms with E-state index in [0.29, 0.717) is 55.1 Å². The Morgan fingerprint density at radius 1 is 1.15 bits per heavy atom. The number of hydrogen-bond acceptors (Lipinski definition) is 5. The van der Waals surface area contributed by atoms with Gasteiger partial charge in [-0.25, -0.2) is 9.78 Å². The maximum atomic E-state index is 13.3. The zero-order valence-electron chi connectivity index (χ0n) is 19.1. The smallest absolute Gasteiger partial charge is 0.322 e. The van der Waals surface area contributed by atoms with Crippen molar-refractivity contribution < 1.29 is 14.3 Å². The van der Waals surface area contributed by atoms with E-state index in [9.17, 15) is 9.59 Å². The lowest BCUT2D eigenvalue weighted by molar-refractivity contribution is 0.155. The third-order valence-corrected chi connectivity index (χ3v) is 5.83. The van der Waals surface area contributed by atoms with Gasteiger partial charge in [-0.05, 0) is 43.7 Å². The molecule has 0 saturated carbocycles. The summed E-state index contributed by atoms with van der Waals surface area (Å²) < 4.78 is 12.9. The SMILES string of the molecule is COCCCN(C(=O)Nc1cccc(Br)c1)C(C)c1nc2ccccc2c(=O)n1CCOC. The number of aromatic nitrogens is 2. The van der Waals surface area contributed by atoms with Crippen LogP contribution in [0.3, 0.4) is 0 Å². The van der Waals surface area contributed by atoms with E-state index in [4.69, 9.17) is 14.5 Å². The molecule has 1 aromatic heterocycles. The predicted octanol–water partition coefficient (Wildman–Crippen LogP) is 4.44. The topological polar surface area (TPSA) is 85.7 Å². The van der Waals surface area contributed by atoms with Gasteiger partial charge in [-0.15, -0.1) is 0 Å². The van der Waals surface area contributed by atoms with E-state index in [1.807, 2.05) is 49.4 Å². The zero-order chi connectivity index (χ0) is 23.8. The van der Waals surface area contributed by atoms with Crippen LogP contribution in [0.15, 0.2) is 57.8 Å². The molecule has 3 aromatic rings.